The van der Waals surface area contributed by atoms with Crippen LogP contribution in [0.5, 0.6) is 0 Å². The van der Waals surface area contributed by atoms with E-state index in [2.05, 4.69) is 10.3 Å². The van der Waals surface area contributed by atoms with Gasteiger partial charge in [0.2, 0.25) is 0 Å². The predicted molar refractivity (Wildman–Crippen MR) is 46.1 cm³/mol. The van der Waals surface area contributed by atoms with Crippen LogP contribution in [0, 0.1) is 0 Å². The number of hydroxylamine groups is 1. The topological polar surface area (TPSA) is 122 Å². The molecule has 6 N–H and O–H groups in total. The Kier molecular flexibility index (Phi) is 6.93. The van der Waals surface area contributed by atoms with Gasteiger partial charge < -0.3 is 30.4 Å². The number of nitrogens with one attached hydrogen (secondary N) is 1. The molecule has 0 rings (SSSR count). The molecule has 0 aromatic carbocycles. The van der Waals surface area contributed by atoms with Gasteiger partial charge in [-0.2, -0.15) is 0 Å². The third kappa shape index (κ3) is 4.29. The van der Waals surface area contributed by atoms with E-state index in [0.29, 0.717) is 0 Å². The Labute approximate surface area is 81.5 Å². The fourth-order valence-corrected chi connectivity index (χ4v) is 0.853. The van der Waals surface area contributed by atoms with Crippen molar-refractivity contribution in [1.29, 1.82) is 0 Å². The average molecular weight is 211 g/mol. The molecule has 0 amide bonds. The summed E-state index contributed by atoms with van der Waals surface area (Å²) in [6.45, 7) is -0.796. The molecule has 0 aliphatic rings. The Morgan fingerprint density at radius 3 is 2.00 bits per heavy atom. The molecule has 0 aromatic heterocycles. The molecule has 0 saturated heterocycles. The summed E-state index contributed by atoms with van der Waals surface area (Å²) >= 11 is 0. The van der Waals surface area contributed by atoms with Crippen molar-refractivity contribution in [2.45, 2.75) is 24.4 Å². The van der Waals surface area contributed by atoms with E-state index in [0.717, 1.165) is 0 Å². The number of aliphatic hydroxyl groups excluding tert-OH is 5. The molecular formula is C7H17NO6. The highest BCUT2D eigenvalue weighted by Crippen LogP contribution is 2.04. The Hall–Kier alpha value is -0.280. The zero-order valence-electron chi connectivity index (χ0n) is 7.87. The highest BCUT2D eigenvalue weighted by Gasteiger charge is 2.29. The van der Waals surface area contributed by atoms with E-state index in [1.54, 1.807) is 0 Å². The summed E-state index contributed by atoms with van der Waals surface area (Å²) < 4.78 is 0. The molecule has 0 spiro atoms. The van der Waals surface area contributed by atoms with E-state index in [1.807, 2.05) is 0 Å². The average Bonchev–Trinajstić information content (AvgIpc) is 2.22. The van der Waals surface area contributed by atoms with Crippen LogP contribution in [0.25, 0.3) is 0 Å². The van der Waals surface area contributed by atoms with E-state index >= 15 is 0 Å². The number of rotatable bonds is 7. The molecule has 0 bridgehead atoms. The molecule has 0 aliphatic carbocycles. The van der Waals surface area contributed by atoms with Crippen LogP contribution in [0.4, 0.5) is 0 Å². The van der Waals surface area contributed by atoms with Crippen molar-refractivity contribution < 1.29 is 30.4 Å². The van der Waals surface area contributed by atoms with Crippen LogP contribution in [-0.2, 0) is 4.84 Å². The predicted octanol–water partition coefficient (Wildman–Crippen LogP) is -3.43. The van der Waals surface area contributed by atoms with Gasteiger partial charge >= 0.3 is 0 Å². The second kappa shape index (κ2) is 7.07. The van der Waals surface area contributed by atoms with Crippen LogP contribution < -0.4 is 5.48 Å². The third-order valence-corrected chi connectivity index (χ3v) is 1.76. The van der Waals surface area contributed by atoms with Gasteiger partial charge in [-0.05, 0) is 0 Å². The lowest BCUT2D eigenvalue weighted by molar-refractivity contribution is -0.119. The van der Waals surface area contributed by atoms with E-state index < -0.39 is 31.0 Å². The number of hydrogen-bond donors (Lipinski definition) is 6. The van der Waals surface area contributed by atoms with Crippen LogP contribution in [0.2, 0.25) is 0 Å². The summed E-state index contributed by atoms with van der Waals surface area (Å²) in [6, 6.07) is 0. The smallest absolute Gasteiger partial charge is 0.111 e. The van der Waals surface area contributed by atoms with Gasteiger partial charge in [-0.15, -0.1) is 0 Å². The highest BCUT2D eigenvalue weighted by molar-refractivity contribution is 4.80. The quantitative estimate of drug-likeness (QED) is 0.242. The Bertz CT molecular complexity index is 146. The lowest BCUT2D eigenvalue weighted by Gasteiger charge is -2.25. The summed E-state index contributed by atoms with van der Waals surface area (Å²) in [5.41, 5.74) is 2.28. The summed E-state index contributed by atoms with van der Waals surface area (Å²) in [5, 5.41) is 45.1. The molecule has 0 radical (unpaired) electrons. The van der Waals surface area contributed by atoms with Gasteiger partial charge in [0.1, 0.15) is 18.3 Å². The standard InChI is InChI=1S/C7H17NO6/c1-14-8-2-4(10)6(12)7(13)5(11)3-9/h4-13H,2-3H2,1H3/t4-,5+,6+,7+/m0/s1. The second-order valence-corrected chi connectivity index (χ2v) is 2.85. The first-order valence-corrected chi connectivity index (χ1v) is 4.13. The van der Waals surface area contributed by atoms with Crippen molar-refractivity contribution in [3.8, 4) is 0 Å². The lowest BCUT2D eigenvalue weighted by Crippen LogP contribution is -2.48. The first-order valence-electron chi connectivity index (χ1n) is 4.13. The molecule has 0 heterocycles. The van der Waals surface area contributed by atoms with Gasteiger partial charge in [-0.3, -0.25) is 0 Å². The van der Waals surface area contributed by atoms with Gasteiger partial charge in [-0.1, -0.05) is 0 Å². The van der Waals surface area contributed by atoms with Crippen LogP contribution in [0.15, 0.2) is 0 Å². The minimum absolute atomic E-state index is 0.104. The van der Waals surface area contributed by atoms with E-state index in [1.165, 1.54) is 7.11 Å². The molecule has 0 fully saturated rings. The fraction of sp³-hybridized carbons (Fsp3) is 1.00. The van der Waals surface area contributed by atoms with Crippen molar-refractivity contribution in [2.24, 2.45) is 0 Å². The Morgan fingerprint density at radius 2 is 1.57 bits per heavy atom. The summed E-state index contributed by atoms with van der Waals surface area (Å²) in [6.07, 6.45) is -5.94. The maximum absolute atomic E-state index is 9.25. The molecular weight excluding hydrogens is 194 g/mol. The van der Waals surface area contributed by atoms with Gasteiger partial charge in [0.15, 0.2) is 0 Å². The second-order valence-electron chi connectivity index (χ2n) is 2.85. The van der Waals surface area contributed by atoms with E-state index in [9.17, 15) is 10.2 Å². The molecule has 86 valence electrons. The maximum atomic E-state index is 9.25. The highest BCUT2D eigenvalue weighted by atomic mass is 16.6. The van der Waals surface area contributed by atoms with Crippen LogP contribution in [-0.4, -0.2) is 70.2 Å². The molecule has 0 saturated carbocycles. The minimum atomic E-state index is -1.60. The molecule has 7 nitrogen and oxygen atoms in total. The van der Waals surface area contributed by atoms with E-state index in [4.69, 9.17) is 15.3 Å². The maximum Gasteiger partial charge on any atom is 0.111 e. The number of hydrogen-bond acceptors (Lipinski definition) is 7. The summed E-state index contributed by atoms with van der Waals surface area (Å²) in [5.74, 6) is 0. The van der Waals surface area contributed by atoms with Crippen molar-refractivity contribution >= 4 is 0 Å². The summed E-state index contributed by atoms with van der Waals surface area (Å²) in [4.78, 5) is 4.41. The van der Waals surface area contributed by atoms with Crippen molar-refractivity contribution in [3.63, 3.8) is 0 Å². The van der Waals surface area contributed by atoms with Gasteiger partial charge in [0.25, 0.3) is 0 Å². The minimum Gasteiger partial charge on any atom is -0.394 e. The normalized spacial score (nSPS) is 20.1. The Balaban J connectivity index is 3.95. The molecule has 14 heavy (non-hydrogen) atoms. The molecule has 4 atom stereocenters. The Morgan fingerprint density at radius 1 is 1.07 bits per heavy atom. The molecule has 7 heteroatoms. The van der Waals surface area contributed by atoms with E-state index in [-0.39, 0.29) is 6.54 Å². The van der Waals surface area contributed by atoms with Crippen LogP contribution in [0.1, 0.15) is 0 Å². The van der Waals surface area contributed by atoms with Crippen molar-refractivity contribution in [1.82, 2.24) is 5.48 Å². The molecule has 0 aliphatic heterocycles. The fourth-order valence-electron chi connectivity index (χ4n) is 0.853. The first-order chi connectivity index (χ1) is 6.54. The zero-order valence-corrected chi connectivity index (χ0v) is 7.87. The number of aliphatic hydroxyl groups is 5. The first kappa shape index (κ1) is 13.7. The largest absolute Gasteiger partial charge is 0.394 e. The SMILES string of the molecule is CONC[C@H](O)[C@@H](O)[C@H](O)[C@H](O)CO. The van der Waals surface area contributed by atoms with Crippen molar-refractivity contribution in [2.75, 3.05) is 20.3 Å². The monoisotopic (exact) mass is 211 g/mol. The molecule has 0 aromatic rings. The van der Waals surface area contributed by atoms with Gasteiger partial charge in [0.05, 0.1) is 19.8 Å². The van der Waals surface area contributed by atoms with Crippen LogP contribution in [0.3, 0.4) is 0 Å². The zero-order chi connectivity index (χ0) is 11.1. The van der Waals surface area contributed by atoms with Gasteiger partial charge in [0, 0.05) is 6.54 Å². The van der Waals surface area contributed by atoms with Gasteiger partial charge in [-0.25, -0.2) is 5.48 Å². The van der Waals surface area contributed by atoms with Crippen LogP contribution >= 0.6 is 0 Å². The summed E-state index contributed by atoms with van der Waals surface area (Å²) in [7, 11) is 1.33. The molecule has 0 unspecified atom stereocenters. The van der Waals surface area contributed by atoms with Crippen molar-refractivity contribution in [3.05, 3.63) is 0 Å². The lowest BCUT2D eigenvalue weighted by atomic mass is 10.0. The third-order valence-electron chi connectivity index (χ3n) is 1.76.